The number of carbonyl (C=O) groups excluding carboxylic acids is 3. The second kappa shape index (κ2) is 12.9. The van der Waals surface area contributed by atoms with Gasteiger partial charge in [-0.1, -0.05) is 67.9 Å². The van der Waals surface area contributed by atoms with E-state index in [0.29, 0.717) is 22.9 Å². The summed E-state index contributed by atoms with van der Waals surface area (Å²) in [5.41, 5.74) is 6.73. The zero-order valence-corrected chi connectivity index (χ0v) is 20.6. The Hall–Kier alpha value is -4.46. The van der Waals surface area contributed by atoms with Crippen LogP contribution in [0.4, 0.5) is 5.69 Å². The highest BCUT2D eigenvalue weighted by atomic mass is 16.5. The molecule has 36 heavy (non-hydrogen) atoms. The lowest BCUT2D eigenvalue weighted by Crippen LogP contribution is -2.37. The van der Waals surface area contributed by atoms with Crippen molar-refractivity contribution in [2.75, 3.05) is 11.9 Å². The first-order valence-corrected chi connectivity index (χ1v) is 11.6. The Kier molecular flexibility index (Phi) is 9.33. The Labute approximate surface area is 210 Å². The van der Waals surface area contributed by atoms with Crippen molar-refractivity contribution in [1.82, 2.24) is 10.7 Å². The van der Waals surface area contributed by atoms with Crippen molar-refractivity contribution in [3.05, 3.63) is 95.1 Å². The normalized spacial score (nSPS) is 10.8. The maximum atomic E-state index is 12.1. The van der Waals surface area contributed by atoms with Gasteiger partial charge in [0.05, 0.1) is 6.21 Å². The number of hydrogen-bond acceptors (Lipinski definition) is 5. The summed E-state index contributed by atoms with van der Waals surface area (Å²) in [6, 6.07) is 22.2. The molecule has 0 radical (unpaired) electrons. The molecular weight excluding hydrogens is 456 g/mol. The molecule has 3 rings (SSSR count). The number of hydrogen-bond donors (Lipinski definition) is 3. The molecule has 0 aromatic heterocycles. The Morgan fingerprint density at radius 3 is 2.36 bits per heavy atom. The molecule has 186 valence electrons. The van der Waals surface area contributed by atoms with Crippen molar-refractivity contribution in [3.8, 4) is 5.75 Å². The largest absolute Gasteiger partial charge is 0.484 e. The zero-order valence-electron chi connectivity index (χ0n) is 20.6. The van der Waals surface area contributed by atoms with Crippen LogP contribution in [0.5, 0.6) is 5.75 Å². The number of nitrogens with zero attached hydrogens (tertiary/aromatic N) is 1. The third-order valence-corrected chi connectivity index (χ3v) is 5.25. The van der Waals surface area contributed by atoms with Gasteiger partial charge in [0.25, 0.3) is 5.91 Å². The summed E-state index contributed by atoms with van der Waals surface area (Å²) in [5.74, 6) is -1.05. The van der Waals surface area contributed by atoms with Crippen LogP contribution in [0.2, 0.25) is 0 Å². The minimum Gasteiger partial charge on any atom is -0.484 e. The first-order valence-electron chi connectivity index (χ1n) is 11.6. The summed E-state index contributed by atoms with van der Waals surface area (Å²) in [4.78, 5) is 36.1. The van der Waals surface area contributed by atoms with Gasteiger partial charge in [0.2, 0.25) is 0 Å². The number of amides is 3. The molecule has 3 N–H and O–H groups in total. The van der Waals surface area contributed by atoms with Crippen LogP contribution in [0.15, 0.2) is 77.9 Å². The average molecular weight is 487 g/mol. The predicted octanol–water partition coefficient (Wildman–Crippen LogP) is 3.90. The third kappa shape index (κ3) is 8.39. The first-order chi connectivity index (χ1) is 17.3. The molecule has 3 amide bonds. The lowest BCUT2D eigenvalue weighted by atomic mass is 10.0. The van der Waals surface area contributed by atoms with Crippen molar-refractivity contribution in [2.24, 2.45) is 5.10 Å². The van der Waals surface area contributed by atoms with Crippen molar-refractivity contribution in [3.63, 3.8) is 0 Å². The maximum Gasteiger partial charge on any atom is 0.329 e. The summed E-state index contributed by atoms with van der Waals surface area (Å²) in [7, 11) is 0. The van der Waals surface area contributed by atoms with Crippen LogP contribution in [0.3, 0.4) is 0 Å². The minimum atomic E-state index is -0.870. The van der Waals surface area contributed by atoms with Gasteiger partial charge in [0, 0.05) is 12.2 Å². The van der Waals surface area contributed by atoms with Crippen molar-refractivity contribution < 1.29 is 19.1 Å². The van der Waals surface area contributed by atoms with E-state index >= 15 is 0 Å². The molecule has 8 nitrogen and oxygen atoms in total. The van der Waals surface area contributed by atoms with Crippen LogP contribution in [-0.2, 0) is 20.9 Å². The van der Waals surface area contributed by atoms with Crippen LogP contribution in [-0.4, -0.2) is 30.5 Å². The highest BCUT2D eigenvalue weighted by molar-refractivity contribution is 6.35. The van der Waals surface area contributed by atoms with E-state index in [9.17, 15) is 14.4 Å². The number of aryl methyl sites for hydroxylation is 1. The second-order valence-corrected chi connectivity index (χ2v) is 8.55. The van der Waals surface area contributed by atoms with E-state index in [1.807, 2.05) is 55.5 Å². The molecule has 0 atom stereocenters. The van der Waals surface area contributed by atoms with E-state index in [-0.39, 0.29) is 19.1 Å². The maximum absolute atomic E-state index is 12.1. The van der Waals surface area contributed by atoms with Crippen molar-refractivity contribution in [2.45, 2.75) is 33.2 Å². The van der Waals surface area contributed by atoms with Gasteiger partial charge in [0.15, 0.2) is 6.61 Å². The van der Waals surface area contributed by atoms with Crippen molar-refractivity contribution >= 4 is 29.6 Å². The van der Waals surface area contributed by atoms with E-state index < -0.39 is 11.8 Å². The molecule has 3 aromatic carbocycles. The van der Waals surface area contributed by atoms with E-state index in [1.165, 1.54) is 11.8 Å². The summed E-state index contributed by atoms with van der Waals surface area (Å²) in [5, 5.41) is 9.16. The number of rotatable bonds is 9. The van der Waals surface area contributed by atoms with E-state index in [0.717, 1.165) is 11.1 Å². The Morgan fingerprint density at radius 1 is 0.944 bits per heavy atom. The van der Waals surface area contributed by atoms with Crippen molar-refractivity contribution in [1.29, 1.82) is 0 Å². The van der Waals surface area contributed by atoms with E-state index in [2.05, 4.69) is 35.0 Å². The molecule has 3 aromatic rings. The Bertz CT molecular complexity index is 1220. The molecule has 0 heterocycles. The lowest BCUT2D eigenvalue weighted by molar-refractivity contribution is -0.139. The standard InChI is InChI=1S/C28H30N4O4/c1-19(2)23-11-9-21(10-12-23)16-29-27(34)28(35)32-30-17-22-5-4-6-25(15-22)36-18-26(33)31-24-13-7-20(3)8-14-24/h4-15,17,19H,16,18H2,1-3H3,(H,29,34)(H,31,33)(H,32,35)/b30-17-. The highest BCUT2D eigenvalue weighted by Gasteiger charge is 2.12. The molecule has 0 bridgehead atoms. The number of hydrazone groups is 1. The van der Waals surface area contributed by atoms with Crippen LogP contribution in [0, 0.1) is 6.92 Å². The van der Waals surface area contributed by atoms with Gasteiger partial charge in [-0.15, -0.1) is 0 Å². The molecule has 0 aliphatic carbocycles. The molecule has 0 saturated heterocycles. The van der Waals surface area contributed by atoms with Crippen LogP contribution >= 0.6 is 0 Å². The predicted molar refractivity (Wildman–Crippen MR) is 140 cm³/mol. The second-order valence-electron chi connectivity index (χ2n) is 8.55. The van der Waals surface area contributed by atoms with E-state index in [1.54, 1.807) is 24.3 Å². The molecule has 0 unspecified atom stereocenters. The smallest absolute Gasteiger partial charge is 0.329 e. The van der Waals surface area contributed by atoms with Crippen LogP contribution < -0.4 is 20.8 Å². The molecule has 0 saturated carbocycles. The summed E-state index contributed by atoms with van der Waals surface area (Å²) in [6.45, 7) is 6.27. The van der Waals surface area contributed by atoms with Crippen LogP contribution in [0.1, 0.15) is 42.0 Å². The zero-order chi connectivity index (χ0) is 25.9. The van der Waals surface area contributed by atoms with Gasteiger partial charge < -0.3 is 15.4 Å². The number of benzene rings is 3. The average Bonchev–Trinajstić information content (AvgIpc) is 2.88. The molecule has 0 aliphatic heterocycles. The molecule has 0 aliphatic rings. The minimum absolute atomic E-state index is 0.161. The lowest BCUT2D eigenvalue weighted by Gasteiger charge is -2.08. The molecular formula is C28H30N4O4. The monoisotopic (exact) mass is 486 g/mol. The Morgan fingerprint density at radius 2 is 1.67 bits per heavy atom. The van der Waals surface area contributed by atoms with Gasteiger partial charge in [-0.2, -0.15) is 5.10 Å². The SMILES string of the molecule is Cc1ccc(NC(=O)COc2cccc(/C=N\NC(=O)C(=O)NCc3ccc(C(C)C)cc3)c2)cc1. The quantitative estimate of drug-likeness (QED) is 0.242. The number of nitrogens with one attached hydrogen (secondary N) is 3. The van der Waals surface area contributed by atoms with Gasteiger partial charge in [0.1, 0.15) is 5.75 Å². The fourth-order valence-corrected chi connectivity index (χ4v) is 3.17. The topological polar surface area (TPSA) is 109 Å². The van der Waals surface area contributed by atoms with Gasteiger partial charge in [-0.25, -0.2) is 5.43 Å². The first kappa shape index (κ1) is 26.2. The number of carbonyl (C=O) groups is 3. The molecule has 0 fully saturated rings. The summed E-state index contributed by atoms with van der Waals surface area (Å²) >= 11 is 0. The summed E-state index contributed by atoms with van der Waals surface area (Å²) in [6.07, 6.45) is 1.38. The molecule has 0 spiro atoms. The van der Waals surface area contributed by atoms with E-state index in [4.69, 9.17) is 4.74 Å². The van der Waals surface area contributed by atoms with Gasteiger partial charge in [-0.3, -0.25) is 14.4 Å². The molecule has 8 heteroatoms. The summed E-state index contributed by atoms with van der Waals surface area (Å²) < 4.78 is 5.54. The fourth-order valence-electron chi connectivity index (χ4n) is 3.17. The number of ether oxygens (including phenoxy) is 1. The van der Waals surface area contributed by atoms with Gasteiger partial charge in [-0.05, 0) is 53.8 Å². The Balaban J connectivity index is 1.43. The van der Waals surface area contributed by atoms with Crippen LogP contribution in [0.25, 0.3) is 0 Å². The third-order valence-electron chi connectivity index (χ3n) is 5.25. The van der Waals surface area contributed by atoms with Gasteiger partial charge >= 0.3 is 11.8 Å². The number of anilines is 1. The highest BCUT2D eigenvalue weighted by Crippen LogP contribution is 2.15. The fraction of sp³-hybridized carbons (Fsp3) is 0.214.